The van der Waals surface area contributed by atoms with E-state index in [1.165, 1.54) is 6.07 Å². The minimum absolute atomic E-state index is 0.407. The number of sulfonamides is 2. The van der Waals surface area contributed by atoms with Crippen LogP contribution in [0.25, 0.3) is 0 Å². The maximum atomic E-state index is 13.5. The summed E-state index contributed by atoms with van der Waals surface area (Å²) in [5.41, 5.74) is -0.470. The van der Waals surface area contributed by atoms with Crippen LogP contribution in [0.4, 0.5) is 14.5 Å². The maximum Gasteiger partial charge on any atom is 0.262 e. The largest absolute Gasteiger partial charge is 0.277 e. The Labute approximate surface area is 125 Å². The Balaban J connectivity index is 2.43. The molecule has 118 valence electrons. The van der Waals surface area contributed by atoms with Gasteiger partial charge in [-0.2, -0.15) is 0 Å². The number of rotatable bonds is 4. The highest BCUT2D eigenvalue weighted by Crippen LogP contribution is 2.21. The predicted octanol–water partition coefficient (Wildman–Crippen LogP) is 1.41. The number of hydrogen-bond donors (Lipinski definition) is 2. The van der Waals surface area contributed by atoms with Gasteiger partial charge in [-0.3, -0.25) is 4.72 Å². The summed E-state index contributed by atoms with van der Waals surface area (Å²) in [4.78, 5) is -0.835. The number of halogens is 2. The number of benzene rings is 2. The lowest BCUT2D eigenvalue weighted by atomic mass is 10.3. The summed E-state index contributed by atoms with van der Waals surface area (Å²) in [6, 6.07) is 6.53. The van der Waals surface area contributed by atoms with Crippen molar-refractivity contribution in [3.8, 4) is 0 Å². The molecule has 0 amide bonds. The molecule has 0 spiro atoms. The number of nitrogens with one attached hydrogen (secondary N) is 1. The van der Waals surface area contributed by atoms with Crippen molar-refractivity contribution in [3.63, 3.8) is 0 Å². The molecular weight excluding hydrogens is 338 g/mol. The molecule has 0 aromatic heterocycles. The molecule has 2 aromatic rings. The first-order valence-corrected chi connectivity index (χ1v) is 8.73. The van der Waals surface area contributed by atoms with Gasteiger partial charge >= 0.3 is 0 Å². The zero-order valence-corrected chi connectivity index (χ0v) is 12.5. The van der Waals surface area contributed by atoms with E-state index in [0.717, 1.165) is 30.3 Å². The minimum atomic E-state index is -4.26. The topological polar surface area (TPSA) is 106 Å². The average molecular weight is 348 g/mol. The lowest BCUT2D eigenvalue weighted by molar-refractivity contribution is 0.582. The van der Waals surface area contributed by atoms with Crippen LogP contribution in [0.15, 0.2) is 52.3 Å². The van der Waals surface area contributed by atoms with Crippen molar-refractivity contribution in [2.45, 2.75) is 9.79 Å². The van der Waals surface area contributed by atoms with Crippen LogP contribution < -0.4 is 9.86 Å². The first-order chi connectivity index (χ1) is 10.1. The van der Waals surface area contributed by atoms with E-state index in [-0.39, 0.29) is 0 Å². The number of hydrogen-bond acceptors (Lipinski definition) is 4. The lowest BCUT2D eigenvalue weighted by Crippen LogP contribution is -2.16. The molecular formula is C12H10F2N2O4S2. The predicted molar refractivity (Wildman–Crippen MR) is 75.0 cm³/mol. The lowest BCUT2D eigenvalue weighted by Gasteiger charge is -2.09. The molecule has 0 atom stereocenters. The molecule has 6 nitrogen and oxygen atoms in total. The fourth-order valence-electron chi connectivity index (χ4n) is 1.59. The molecule has 0 aliphatic rings. The summed E-state index contributed by atoms with van der Waals surface area (Å²) in [7, 11) is -8.35. The minimum Gasteiger partial charge on any atom is -0.277 e. The van der Waals surface area contributed by atoms with Crippen molar-refractivity contribution in [2.75, 3.05) is 4.72 Å². The van der Waals surface area contributed by atoms with Crippen LogP contribution in [0.2, 0.25) is 0 Å². The Bertz CT molecular complexity index is 928. The van der Waals surface area contributed by atoms with Crippen LogP contribution in [0, 0.1) is 11.6 Å². The van der Waals surface area contributed by atoms with Crippen molar-refractivity contribution < 1.29 is 25.6 Å². The van der Waals surface area contributed by atoms with Crippen molar-refractivity contribution >= 4 is 25.7 Å². The molecule has 0 aliphatic heterocycles. The second kappa shape index (κ2) is 5.63. The average Bonchev–Trinajstić information content (AvgIpc) is 2.41. The number of primary sulfonamides is 1. The van der Waals surface area contributed by atoms with Crippen LogP contribution in [0.3, 0.4) is 0 Å². The quantitative estimate of drug-likeness (QED) is 0.871. The monoisotopic (exact) mass is 348 g/mol. The van der Waals surface area contributed by atoms with E-state index in [2.05, 4.69) is 0 Å². The fourth-order valence-corrected chi connectivity index (χ4v) is 3.34. The van der Waals surface area contributed by atoms with Crippen molar-refractivity contribution in [1.29, 1.82) is 0 Å². The molecule has 0 radical (unpaired) electrons. The van der Waals surface area contributed by atoms with Gasteiger partial charge in [0, 0.05) is 6.07 Å². The Hall–Kier alpha value is -2.04. The summed E-state index contributed by atoms with van der Waals surface area (Å²) in [5.74, 6) is -1.97. The van der Waals surface area contributed by atoms with Gasteiger partial charge in [-0.1, -0.05) is 6.07 Å². The normalized spacial score (nSPS) is 12.1. The number of anilines is 1. The second-order valence-corrected chi connectivity index (χ2v) is 7.49. The molecule has 0 saturated carbocycles. The Morgan fingerprint density at radius 1 is 0.909 bits per heavy atom. The molecule has 0 bridgehead atoms. The van der Waals surface area contributed by atoms with E-state index < -0.39 is 47.2 Å². The Morgan fingerprint density at radius 2 is 1.55 bits per heavy atom. The summed E-state index contributed by atoms with van der Waals surface area (Å²) in [6.07, 6.45) is 0. The molecule has 3 N–H and O–H groups in total. The van der Waals surface area contributed by atoms with E-state index in [4.69, 9.17) is 5.14 Å². The summed E-state index contributed by atoms with van der Waals surface area (Å²) >= 11 is 0. The highest BCUT2D eigenvalue weighted by Gasteiger charge is 2.19. The van der Waals surface area contributed by atoms with Gasteiger partial charge in [-0.15, -0.1) is 0 Å². The first kappa shape index (κ1) is 16.3. The van der Waals surface area contributed by atoms with Crippen LogP contribution in [0.1, 0.15) is 0 Å². The van der Waals surface area contributed by atoms with Gasteiger partial charge < -0.3 is 0 Å². The van der Waals surface area contributed by atoms with Crippen LogP contribution in [-0.2, 0) is 20.0 Å². The summed E-state index contributed by atoms with van der Waals surface area (Å²) in [5, 5.41) is 4.92. The Kier molecular flexibility index (Phi) is 4.18. The standard InChI is InChI=1S/C12H10F2N2O4S2/c13-8-4-5-12(11(14)6-8)16-22(19,20)10-3-1-2-9(7-10)21(15,17)18/h1-7,16H,(H2,15,17,18). The van der Waals surface area contributed by atoms with E-state index in [1.807, 2.05) is 4.72 Å². The third kappa shape index (κ3) is 3.59. The molecule has 0 fully saturated rings. The third-order valence-electron chi connectivity index (χ3n) is 2.62. The highest BCUT2D eigenvalue weighted by molar-refractivity contribution is 7.93. The zero-order chi connectivity index (χ0) is 16.5. The summed E-state index contributed by atoms with van der Waals surface area (Å²) in [6.45, 7) is 0. The van der Waals surface area contributed by atoms with Gasteiger partial charge in [0.25, 0.3) is 10.0 Å². The Morgan fingerprint density at radius 3 is 2.14 bits per heavy atom. The summed E-state index contributed by atoms with van der Waals surface area (Å²) < 4.78 is 74.8. The van der Waals surface area contributed by atoms with Crippen LogP contribution >= 0.6 is 0 Å². The fraction of sp³-hybridized carbons (Fsp3) is 0. The van der Waals surface area contributed by atoms with Gasteiger partial charge in [0.2, 0.25) is 10.0 Å². The zero-order valence-electron chi connectivity index (χ0n) is 10.8. The van der Waals surface area contributed by atoms with E-state index >= 15 is 0 Å². The smallest absolute Gasteiger partial charge is 0.262 e. The first-order valence-electron chi connectivity index (χ1n) is 5.70. The van der Waals surface area contributed by atoms with Gasteiger partial charge in [0.1, 0.15) is 11.6 Å². The highest BCUT2D eigenvalue weighted by atomic mass is 32.2. The van der Waals surface area contributed by atoms with Gasteiger partial charge in [-0.25, -0.2) is 30.8 Å². The van der Waals surface area contributed by atoms with Gasteiger partial charge in [-0.05, 0) is 30.3 Å². The molecule has 22 heavy (non-hydrogen) atoms. The van der Waals surface area contributed by atoms with Crippen molar-refractivity contribution in [2.24, 2.45) is 5.14 Å². The van der Waals surface area contributed by atoms with Crippen LogP contribution in [-0.4, -0.2) is 16.8 Å². The molecule has 0 saturated heterocycles. The molecule has 0 unspecified atom stereocenters. The second-order valence-electron chi connectivity index (χ2n) is 4.25. The molecule has 0 heterocycles. The number of nitrogens with two attached hydrogens (primary N) is 1. The van der Waals surface area contributed by atoms with Crippen molar-refractivity contribution in [3.05, 3.63) is 54.1 Å². The van der Waals surface area contributed by atoms with Crippen LogP contribution in [0.5, 0.6) is 0 Å². The van der Waals surface area contributed by atoms with E-state index in [9.17, 15) is 25.6 Å². The van der Waals surface area contributed by atoms with Gasteiger partial charge in [0.15, 0.2) is 0 Å². The molecule has 2 rings (SSSR count). The van der Waals surface area contributed by atoms with Gasteiger partial charge in [0.05, 0.1) is 15.5 Å². The molecule has 10 heteroatoms. The van der Waals surface area contributed by atoms with E-state index in [0.29, 0.717) is 6.07 Å². The maximum absolute atomic E-state index is 13.5. The SMILES string of the molecule is NS(=O)(=O)c1cccc(S(=O)(=O)Nc2ccc(F)cc2F)c1. The van der Waals surface area contributed by atoms with E-state index in [1.54, 1.807) is 0 Å². The van der Waals surface area contributed by atoms with Crippen molar-refractivity contribution in [1.82, 2.24) is 0 Å². The molecule has 2 aromatic carbocycles. The third-order valence-corrected chi connectivity index (χ3v) is 4.89. The molecule has 0 aliphatic carbocycles.